The standard InChI is InChI=1S/C15H17N3O4/c1-9(2)13(15(21)22)17-12(19)8-18-14(20)11-6-4-3-5-10(11)7-16-18/h3-7,9,13H,8H2,1-2H3,(H,17,19)(H,21,22)/t13-/m1/s1. The fourth-order valence-corrected chi connectivity index (χ4v) is 2.11. The molecule has 0 aliphatic heterocycles. The Hall–Kier alpha value is -2.70. The van der Waals surface area contributed by atoms with Gasteiger partial charge < -0.3 is 10.4 Å². The SMILES string of the molecule is CC(C)[C@@H](NC(=O)Cn1ncc2ccccc2c1=O)C(=O)O. The van der Waals surface area contributed by atoms with E-state index in [1.165, 1.54) is 6.20 Å². The number of rotatable bonds is 5. The fraction of sp³-hybridized carbons (Fsp3) is 0.333. The zero-order chi connectivity index (χ0) is 16.3. The van der Waals surface area contributed by atoms with E-state index in [-0.39, 0.29) is 18.0 Å². The van der Waals surface area contributed by atoms with Gasteiger partial charge in [-0.05, 0) is 12.0 Å². The van der Waals surface area contributed by atoms with Gasteiger partial charge in [-0.2, -0.15) is 5.10 Å². The first-order chi connectivity index (χ1) is 10.4. The largest absolute Gasteiger partial charge is 0.480 e. The van der Waals surface area contributed by atoms with Crippen LogP contribution in [0, 0.1) is 5.92 Å². The zero-order valence-electron chi connectivity index (χ0n) is 12.3. The third-order valence-electron chi connectivity index (χ3n) is 3.30. The van der Waals surface area contributed by atoms with Gasteiger partial charge in [0.05, 0.1) is 11.6 Å². The smallest absolute Gasteiger partial charge is 0.326 e. The van der Waals surface area contributed by atoms with Crippen LogP contribution >= 0.6 is 0 Å². The average Bonchev–Trinajstić information content (AvgIpc) is 2.47. The number of nitrogens with zero attached hydrogens (tertiary/aromatic N) is 2. The molecule has 1 amide bonds. The number of hydrogen-bond acceptors (Lipinski definition) is 4. The molecule has 1 aromatic carbocycles. The predicted octanol–water partition coefficient (Wildman–Crippen LogP) is 0.622. The molecule has 0 radical (unpaired) electrons. The Morgan fingerprint density at radius 2 is 2.00 bits per heavy atom. The lowest BCUT2D eigenvalue weighted by molar-refractivity contribution is -0.143. The van der Waals surface area contributed by atoms with Crippen molar-refractivity contribution in [2.75, 3.05) is 0 Å². The number of amides is 1. The Morgan fingerprint density at radius 1 is 1.32 bits per heavy atom. The molecule has 0 saturated heterocycles. The van der Waals surface area contributed by atoms with E-state index in [0.29, 0.717) is 10.8 Å². The third kappa shape index (κ3) is 3.30. The van der Waals surface area contributed by atoms with E-state index in [1.54, 1.807) is 38.1 Å². The van der Waals surface area contributed by atoms with Crippen molar-refractivity contribution < 1.29 is 14.7 Å². The zero-order valence-corrected chi connectivity index (χ0v) is 12.3. The van der Waals surface area contributed by atoms with E-state index in [1.807, 2.05) is 0 Å². The molecule has 0 aliphatic carbocycles. The molecule has 0 bridgehead atoms. The summed E-state index contributed by atoms with van der Waals surface area (Å²) in [6, 6.07) is 5.94. The minimum atomic E-state index is -1.11. The topological polar surface area (TPSA) is 101 Å². The summed E-state index contributed by atoms with van der Waals surface area (Å²) < 4.78 is 1.02. The van der Waals surface area contributed by atoms with Crippen LogP contribution in [0.1, 0.15) is 13.8 Å². The van der Waals surface area contributed by atoms with Crippen LogP contribution < -0.4 is 10.9 Å². The van der Waals surface area contributed by atoms with Gasteiger partial charge >= 0.3 is 5.97 Å². The average molecular weight is 303 g/mol. The minimum Gasteiger partial charge on any atom is -0.480 e. The summed E-state index contributed by atoms with van der Waals surface area (Å²) in [5.74, 6) is -1.93. The molecule has 2 N–H and O–H groups in total. The molecule has 2 rings (SSSR count). The number of benzene rings is 1. The van der Waals surface area contributed by atoms with Gasteiger partial charge in [-0.15, -0.1) is 0 Å². The molecule has 0 saturated carbocycles. The molecule has 2 aromatic rings. The second-order valence-corrected chi connectivity index (χ2v) is 5.32. The Kier molecular flexibility index (Phi) is 4.55. The van der Waals surface area contributed by atoms with Gasteiger partial charge in [0, 0.05) is 5.39 Å². The maximum absolute atomic E-state index is 12.2. The summed E-state index contributed by atoms with van der Waals surface area (Å²) in [5, 5.41) is 16.5. The van der Waals surface area contributed by atoms with Crippen LogP contribution in [0.3, 0.4) is 0 Å². The number of carbonyl (C=O) groups excluding carboxylic acids is 1. The highest BCUT2D eigenvalue weighted by molar-refractivity contribution is 5.84. The van der Waals surface area contributed by atoms with Gasteiger partial charge in [0.15, 0.2) is 0 Å². The number of nitrogens with one attached hydrogen (secondary N) is 1. The Morgan fingerprint density at radius 3 is 2.64 bits per heavy atom. The van der Waals surface area contributed by atoms with Gasteiger partial charge in [-0.3, -0.25) is 9.59 Å². The van der Waals surface area contributed by atoms with Crippen molar-refractivity contribution in [2.45, 2.75) is 26.4 Å². The quantitative estimate of drug-likeness (QED) is 0.843. The van der Waals surface area contributed by atoms with E-state index in [4.69, 9.17) is 5.11 Å². The summed E-state index contributed by atoms with van der Waals surface area (Å²) >= 11 is 0. The molecule has 0 aliphatic rings. The molecule has 116 valence electrons. The van der Waals surface area contributed by atoms with E-state index >= 15 is 0 Å². The van der Waals surface area contributed by atoms with Crippen LogP contribution in [0.25, 0.3) is 10.8 Å². The van der Waals surface area contributed by atoms with Gasteiger partial charge in [0.25, 0.3) is 5.56 Å². The second-order valence-electron chi connectivity index (χ2n) is 5.32. The van der Waals surface area contributed by atoms with E-state index < -0.39 is 17.9 Å². The van der Waals surface area contributed by atoms with Gasteiger partial charge in [-0.25, -0.2) is 9.48 Å². The number of carboxylic acid groups (broad SMARTS) is 1. The first-order valence-electron chi connectivity index (χ1n) is 6.87. The number of carbonyl (C=O) groups is 2. The lowest BCUT2D eigenvalue weighted by Crippen LogP contribution is -2.46. The van der Waals surface area contributed by atoms with Crippen LogP contribution in [-0.2, 0) is 16.1 Å². The van der Waals surface area contributed by atoms with E-state index in [0.717, 1.165) is 4.68 Å². The van der Waals surface area contributed by atoms with Crippen molar-refractivity contribution in [2.24, 2.45) is 5.92 Å². The van der Waals surface area contributed by atoms with E-state index in [2.05, 4.69) is 10.4 Å². The maximum atomic E-state index is 12.2. The van der Waals surface area contributed by atoms with Crippen molar-refractivity contribution in [3.8, 4) is 0 Å². The summed E-state index contributed by atoms with van der Waals surface area (Å²) in [6.07, 6.45) is 1.50. The van der Waals surface area contributed by atoms with Crippen molar-refractivity contribution in [1.82, 2.24) is 15.1 Å². The molecule has 7 heteroatoms. The van der Waals surface area contributed by atoms with Crippen molar-refractivity contribution >= 4 is 22.6 Å². The summed E-state index contributed by atoms with van der Waals surface area (Å²) in [7, 11) is 0. The third-order valence-corrected chi connectivity index (χ3v) is 3.30. The lowest BCUT2D eigenvalue weighted by atomic mass is 10.1. The maximum Gasteiger partial charge on any atom is 0.326 e. The highest BCUT2D eigenvalue weighted by atomic mass is 16.4. The number of carboxylic acids is 1. The summed E-state index contributed by atoms with van der Waals surface area (Å²) in [6.45, 7) is 3.07. The van der Waals surface area contributed by atoms with Crippen molar-refractivity contribution in [3.63, 3.8) is 0 Å². The molecule has 1 heterocycles. The second kappa shape index (κ2) is 6.38. The van der Waals surface area contributed by atoms with Crippen LogP contribution in [0.2, 0.25) is 0 Å². The molecular weight excluding hydrogens is 286 g/mol. The molecule has 0 unspecified atom stereocenters. The monoisotopic (exact) mass is 303 g/mol. The fourth-order valence-electron chi connectivity index (χ4n) is 2.11. The molecule has 1 atom stereocenters. The molecular formula is C15H17N3O4. The first-order valence-corrected chi connectivity index (χ1v) is 6.87. The number of aliphatic carboxylic acids is 1. The normalized spacial score (nSPS) is 12.3. The number of hydrogen-bond donors (Lipinski definition) is 2. The molecule has 0 fully saturated rings. The number of fused-ring (bicyclic) bond motifs is 1. The van der Waals surface area contributed by atoms with Crippen LogP contribution in [0.4, 0.5) is 0 Å². The Bertz CT molecular complexity index is 767. The highest BCUT2D eigenvalue weighted by Gasteiger charge is 2.23. The van der Waals surface area contributed by atoms with Gasteiger partial charge in [0.1, 0.15) is 12.6 Å². The summed E-state index contributed by atoms with van der Waals surface area (Å²) in [4.78, 5) is 35.2. The van der Waals surface area contributed by atoms with Crippen LogP contribution in [-0.4, -0.2) is 32.8 Å². The highest BCUT2D eigenvalue weighted by Crippen LogP contribution is 2.06. The first kappa shape index (κ1) is 15.7. The number of aromatic nitrogens is 2. The molecule has 22 heavy (non-hydrogen) atoms. The Balaban J connectivity index is 2.20. The van der Waals surface area contributed by atoms with Crippen molar-refractivity contribution in [3.05, 3.63) is 40.8 Å². The Labute approximate surface area is 126 Å². The van der Waals surface area contributed by atoms with Gasteiger partial charge in [0.2, 0.25) is 5.91 Å². The molecule has 7 nitrogen and oxygen atoms in total. The predicted molar refractivity (Wildman–Crippen MR) is 80.4 cm³/mol. The van der Waals surface area contributed by atoms with Crippen LogP contribution in [0.5, 0.6) is 0 Å². The van der Waals surface area contributed by atoms with Crippen molar-refractivity contribution in [1.29, 1.82) is 0 Å². The van der Waals surface area contributed by atoms with Crippen LogP contribution in [0.15, 0.2) is 35.3 Å². The molecule has 1 aromatic heterocycles. The minimum absolute atomic E-state index is 0.261. The van der Waals surface area contributed by atoms with E-state index in [9.17, 15) is 14.4 Å². The lowest BCUT2D eigenvalue weighted by Gasteiger charge is -2.18. The summed E-state index contributed by atoms with van der Waals surface area (Å²) in [5.41, 5.74) is -0.385. The molecule has 0 spiro atoms. The van der Waals surface area contributed by atoms with Gasteiger partial charge in [-0.1, -0.05) is 32.0 Å².